The minimum atomic E-state index is -0.331. The van der Waals surface area contributed by atoms with Crippen LogP contribution in [0.15, 0.2) is 48.5 Å². The van der Waals surface area contributed by atoms with Crippen molar-refractivity contribution < 1.29 is 9.53 Å². The Morgan fingerprint density at radius 3 is 2.53 bits per heavy atom. The van der Waals surface area contributed by atoms with Gasteiger partial charge in [0, 0.05) is 37.0 Å². The smallest absolute Gasteiger partial charge is 0.308 e. The fourth-order valence-corrected chi connectivity index (χ4v) is 4.06. The molecule has 0 amide bonds. The molecule has 3 aromatic heterocycles. The number of esters is 1. The zero-order chi connectivity index (χ0) is 22.4. The Morgan fingerprint density at radius 2 is 1.78 bits per heavy atom. The maximum atomic E-state index is 11.1. The van der Waals surface area contributed by atoms with E-state index in [4.69, 9.17) is 14.8 Å². The summed E-state index contributed by atoms with van der Waals surface area (Å²) in [6, 6.07) is 15.6. The van der Waals surface area contributed by atoms with Gasteiger partial charge in [-0.25, -0.2) is 4.68 Å². The average Bonchev–Trinajstić information content (AvgIpc) is 3.23. The molecule has 8 heteroatoms. The molecule has 5 rings (SSSR count). The van der Waals surface area contributed by atoms with Crippen LogP contribution in [0.2, 0.25) is 0 Å². The van der Waals surface area contributed by atoms with E-state index >= 15 is 0 Å². The zero-order valence-corrected chi connectivity index (χ0v) is 18.3. The van der Waals surface area contributed by atoms with Gasteiger partial charge in [-0.2, -0.15) is 10.1 Å². The number of aromatic nitrogens is 6. The number of carbonyl (C=O) groups excluding carboxylic acids is 1. The van der Waals surface area contributed by atoms with Crippen LogP contribution in [0.3, 0.4) is 0 Å². The molecule has 0 spiro atoms. The van der Waals surface area contributed by atoms with Crippen molar-refractivity contribution in [2.45, 2.75) is 27.2 Å². The second-order valence-electron chi connectivity index (χ2n) is 7.84. The summed E-state index contributed by atoms with van der Waals surface area (Å²) in [4.78, 5) is 15.9. The summed E-state index contributed by atoms with van der Waals surface area (Å²) in [5.74, 6) is 0.649. The molecule has 3 heterocycles. The third-order valence-electron chi connectivity index (χ3n) is 5.69. The Balaban J connectivity index is 1.51. The summed E-state index contributed by atoms with van der Waals surface area (Å²) >= 11 is 0. The zero-order valence-electron chi connectivity index (χ0n) is 18.3. The van der Waals surface area contributed by atoms with Crippen LogP contribution >= 0.6 is 0 Å². The Hall–Kier alpha value is -4.07. The predicted molar refractivity (Wildman–Crippen MR) is 121 cm³/mol. The Kier molecular flexibility index (Phi) is 4.70. The van der Waals surface area contributed by atoms with E-state index in [2.05, 4.69) is 10.2 Å². The quantitative estimate of drug-likeness (QED) is 0.321. The lowest BCUT2D eigenvalue weighted by atomic mass is 10.0. The van der Waals surface area contributed by atoms with E-state index in [1.807, 2.05) is 61.9 Å². The van der Waals surface area contributed by atoms with Gasteiger partial charge in [0.25, 0.3) is 5.95 Å². The first-order valence-electron chi connectivity index (χ1n) is 10.3. The number of benzene rings is 2. The monoisotopic (exact) mass is 426 g/mol. The van der Waals surface area contributed by atoms with Crippen molar-refractivity contribution >= 4 is 28.0 Å². The van der Waals surface area contributed by atoms with Crippen LogP contribution in [-0.2, 0) is 18.3 Å². The van der Waals surface area contributed by atoms with Gasteiger partial charge in [0.15, 0.2) is 5.65 Å². The van der Waals surface area contributed by atoms with Crippen LogP contribution in [0, 0.1) is 13.8 Å². The highest BCUT2D eigenvalue weighted by Crippen LogP contribution is 2.26. The topological polar surface area (TPSA) is 87.7 Å². The third kappa shape index (κ3) is 3.30. The van der Waals surface area contributed by atoms with E-state index < -0.39 is 0 Å². The number of nitrogens with zero attached hydrogens (tertiary/aromatic N) is 6. The van der Waals surface area contributed by atoms with Crippen molar-refractivity contribution in [2.24, 2.45) is 7.05 Å². The number of hydrogen-bond donors (Lipinski definition) is 0. The molecule has 160 valence electrons. The number of para-hydroxylation sites is 1. The summed E-state index contributed by atoms with van der Waals surface area (Å²) in [6.07, 6.45) is 0.696. The van der Waals surface area contributed by atoms with E-state index in [-0.39, 0.29) is 5.97 Å². The fraction of sp³-hybridized carbons (Fsp3) is 0.208. The van der Waals surface area contributed by atoms with Gasteiger partial charge in [-0.3, -0.25) is 4.79 Å². The number of hydrogen-bond acceptors (Lipinski definition) is 6. The summed E-state index contributed by atoms with van der Waals surface area (Å²) < 4.78 is 8.89. The molecule has 8 nitrogen and oxygen atoms in total. The first-order chi connectivity index (χ1) is 15.4. The van der Waals surface area contributed by atoms with Crippen molar-refractivity contribution in [3.63, 3.8) is 0 Å². The molecule has 2 aromatic carbocycles. The maximum Gasteiger partial charge on any atom is 0.308 e. The normalized spacial score (nSPS) is 11.4. The van der Waals surface area contributed by atoms with Gasteiger partial charge in [-0.1, -0.05) is 30.3 Å². The number of aryl methyl sites for hydroxylation is 2. The van der Waals surface area contributed by atoms with Crippen LogP contribution in [0.4, 0.5) is 0 Å². The molecule has 32 heavy (non-hydrogen) atoms. The van der Waals surface area contributed by atoms with Crippen molar-refractivity contribution in [3.8, 4) is 11.7 Å². The highest BCUT2D eigenvalue weighted by atomic mass is 16.5. The molecule has 0 saturated heterocycles. The van der Waals surface area contributed by atoms with Gasteiger partial charge in [-0.15, -0.1) is 10.2 Å². The molecule has 0 N–H and O–H groups in total. The number of rotatable bonds is 4. The lowest BCUT2D eigenvalue weighted by Crippen LogP contribution is -2.07. The second-order valence-corrected chi connectivity index (χ2v) is 7.84. The average molecular weight is 426 g/mol. The molecular formula is C24H22N6O2. The fourth-order valence-electron chi connectivity index (χ4n) is 4.06. The Bertz CT molecular complexity index is 1480. The molecule has 0 saturated carbocycles. The molecular weight excluding hydrogens is 404 g/mol. The maximum absolute atomic E-state index is 11.1. The first kappa shape index (κ1) is 19.9. The van der Waals surface area contributed by atoms with E-state index in [0.29, 0.717) is 18.1 Å². The molecule has 0 fully saturated rings. The molecule has 0 unspecified atom stereocenters. The standard InChI is InChI=1S/C24H22N6O2/c1-14-20(13-17-9-11-18(12-10-17)32-16(3)31)15(2)30(28-14)24-25-23-22(26-27-24)19-7-5-6-8-21(19)29(23)4/h5-12H,13H2,1-4H3. The highest BCUT2D eigenvalue weighted by Gasteiger charge is 2.18. The number of ether oxygens (including phenoxy) is 1. The van der Waals surface area contributed by atoms with E-state index in [1.54, 1.807) is 16.8 Å². The summed E-state index contributed by atoms with van der Waals surface area (Å²) in [5, 5.41) is 14.6. The minimum absolute atomic E-state index is 0.331. The van der Waals surface area contributed by atoms with Gasteiger partial charge in [0.05, 0.1) is 11.2 Å². The molecule has 0 radical (unpaired) electrons. The Morgan fingerprint density at radius 1 is 1.03 bits per heavy atom. The minimum Gasteiger partial charge on any atom is -0.427 e. The van der Waals surface area contributed by atoms with E-state index in [0.717, 1.165) is 44.6 Å². The van der Waals surface area contributed by atoms with Crippen molar-refractivity contribution in [3.05, 3.63) is 71.0 Å². The van der Waals surface area contributed by atoms with Gasteiger partial charge >= 0.3 is 5.97 Å². The van der Waals surface area contributed by atoms with Crippen LogP contribution in [0.25, 0.3) is 28.0 Å². The van der Waals surface area contributed by atoms with Gasteiger partial charge < -0.3 is 9.30 Å². The van der Waals surface area contributed by atoms with Gasteiger partial charge in [0.2, 0.25) is 0 Å². The van der Waals surface area contributed by atoms with Crippen molar-refractivity contribution in [1.82, 2.24) is 29.5 Å². The van der Waals surface area contributed by atoms with Crippen LogP contribution in [0.5, 0.6) is 5.75 Å². The molecule has 5 aromatic rings. The molecule has 0 aliphatic heterocycles. The molecule has 0 atom stereocenters. The summed E-state index contributed by atoms with van der Waals surface area (Å²) in [6.45, 7) is 5.38. The molecule has 0 aliphatic carbocycles. The van der Waals surface area contributed by atoms with E-state index in [9.17, 15) is 4.79 Å². The largest absolute Gasteiger partial charge is 0.427 e. The SMILES string of the molecule is CC(=O)Oc1ccc(Cc2c(C)nn(-c3nnc4c5ccccc5n(C)c4n3)c2C)cc1. The van der Waals surface area contributed by atoms with Crippen molar-refractivity contribution in [1.29, 1.82) is 0 Å². The van der Waals surface area contributed by atoms with Crippen molar-refractivity contribution in [2.75, 3.05) is 0 Å². The lowest BCUT2D eigenvalue weighted by Gasteiger charge is -2.06. The van der Waals surface area contributed by atoms with E-state index in [1.165, 1.54) is 6.92 Å². The Labute approximate surface area is 184 Å². The molecule has 0 aliphatic rings. The third-order valence-corrected chi connectivity index (χ3v) is 5.69. The highest BCUT2D eigenvalue weighted by molar-refractivity contribution is 6.03. The second kappa shape index (κ2) is 7.56. The van der Waals surface area contributed by atoms with Crippen LogP contribution < -0.4 is 4.74 Å². The lowest BCUT2D eigenvalue weighted by molar-refractivity contribution is -0.131. The van der Waals surface area contributed by atoms with Crippen LogP contribution in [0.1, 0.15) is 29.4 Å². The summed E-state index contributed by atoms with van der Waals surface area (Å²) in [5.41, 5.74) is 6.68. The molecule has 0 bridgehead atoms. The predicted octanol–water partition coefficient (Wildman–Crippen LogP) is 3.84. The number of carbonyl (C=O) groups is 1. The first-order valence-corrected chi connectivity index (χ1v) is 10.3. The van der Waals surface area contributed by atoms with Crippen LogP contribution in [-0.4, -0.2) is 35.5 Å². The number of fused-ring (bicyclic) bond motifs is 3. The van der Waals surface area contributed by atoms with Gasteiger partial charge in [-0.05, 0) is 37.6 Å². The summed E-state index contributed by atoms with van der Waals surface area (Å²) in [7, 11) is 1.98. The van der Waals surface area contributed by atoms with Gasteiger partial charge in [0.1, 0.15) is 11.3 Å².